The van der Waals surface area contributed by atoms with Gasteiger partial charge in [-0.05, 0) is 27.6 Å². The van der Waals surface area contributed by atoms with Crippen LogP contribution in [0.25, 0.3) is 0 Å². The normalized spacial score (nSPS) is 14.1. The molecule has 1 aromatic heterocycles. The molecule has 0 aliphatic heterocycles. The van der Waals surface area contributed by atoms with Crippen molar-refractivity contribution in [3.63, 3.8) is 0 Å². The summed E-state index contributed by atoms with van der Waals surface area (Å²) in [5.41, 5.74) is 7.18. The predicted octanol–water partition coefficient (Wildman–Crippen LogP) is 3.96. The van der Waals surface area contributed by atoms with Crippen LogP contribution in [0.2, 0.25) is 0 Å². The van der Waals surface area contributed by atoms with Crippen molar-refractivity contribution in [1.82, 2.24) is 0 Å². The van der Waals surface area contributed by atoms with Gasteiger partial charge in [-0.25, -0.2) is 0 Å². The van der Waals surface area contributed by atoms with Crippen LogP contribution in [0.4, 0.5) is 0 Å². The molecule has 1 heterocycles. The first-order valence-corrected chi connectivity index (χ1v) is 7.81. The first-order valence-electron chi connectivity index (χ1n) is 6.14. The molecule has 0 spiro atoms. The van der Waals surface area contributed by atoms with Crippen molar-refractivity contribution in [1.29, 1.82) is 0 Å². The average molecular weight is 338 g/mol. The minimum absolute atomic E-state index is 0.178. The van der Waals surface area contributed by atoms with E-state index in [4.69, 9.17) is 5.73 Å². The van der Waals surface area contributed by atoms with Gasteiger partial charge in [0, 0.05) is 33.1 Å². The fraction of sp³-hybridized carbons (Fsp3) is 0.267. The number of benzene rings is 1. The molecule has 0 saturated heterocycles. The van der Waals surface area contributed by atoms with Crippen molar-refractivity contribution < 1.29 is 4.79 Å². The first kappa shape index (κ1) is 14.4. The fourth-order valence-electron chi connectivity index (χ4n) is 1.94. The predicted molar refractivity (Wildman–Crippen MR) is 83.3 cm³/mol. The van der Waals surface area contributed by atoms with Crippen molar-refractivity contribution in [2.24, 2.45) is 11.7 Å². The van der Waals surface area contributed by atoms with E-state index in [0.717, 1.165) is 14.9 Å². The Kier molecular flexibility index (Phi) is 4.91. The van der Waals surface area contributed by atoms with Gasteiger partial charge in [0.1, 0.15) is 5.78 Å². The van der Waals surface area contributed by atoms with Gasteiger partial charge in [0.25, 0.3) is 0 Å². The van der Waals surface area contributed by atoms with Crippen LogP contribution in [0, 0.1) is 5.92 Å². The Morgan fingerprint density at radius 3 is 2.63 bits per heavy atom. The van der Waals surface area contributed by atoms with Gasteiger partial charge in [-0.2, -0.15) is 0 Å². The van der Waals surface area contributed by atoms with Crippen molar-refractivity contribution in [3.8, 4) is 0 Å². The van der Waals surface area contributed by atoms with E-state index in [-0.39, 0.29) is 17.7 Å². The summed E-state index contributed by atoms with van der Waals surface area (Å²) in [6, 6.07) is 11.5. The molecule has 0 fully saturated rings. The van der Waals surface area contributed by atoms with Gasteiger partial charge in [-0.1, -0.05) is 37.3 Å². The Morgan fingerprint density at radius 2 is 2.05 bits per heavy atom. The minimum atomic E-state index is -0.239. The van der Waals surface area contributed by atoms with Crippen molar-refractivity contribution >= 4 is 33.0 Å². The van der Waals surface area contributed by atoms with Gasteiger partial charge >= 0.3 is 0 Å². The summed E-state index contributed by atoms with van der Waals surface area (Å²) in [6.45, 7) is 1.91. The molecule has 4 heteroatoms. The third-order valence-corrected chi connectivity index (χ3v) is 4.90. The number of nitrogens with two attached hydrogens (primary N) is 1. The average Bonchev–Trinajstić information content (AvgIpc) is 2.83. The number of halogens is 1. The molecule has 0 aliphatic carbocycles. The van der Waals surface area contributed by atoms with Crippen molar-refractivity contribution in [2.75, 3.05) is 0 Å². The Hall–Kier alpha value is -0.970. The zero-order valence-corrected chi connectivity index (χ0v) is 13.1. The van der Waals surface area contributed by atoms with Crippen LogP contribution in [-0.4, -0.2) is 5.78 Å². The molecule has 1 aromatic carbocycles. The summed E-state index contributed by atoms with van der Waals surface area (Å²) in [5, 5.41) is 1.99. The third-order valence-electron chi connectivity index (χ3n) is 3.20. The number of hydrogen-bond acceptors (Lipinski definition) is 3. The van der Waals surface area contributed by atoms with E-state index < -0.39 is 0 Å². The highest BCUT2D eigenvalue weighted by Crippen LogP contribution is 2.24. The second-order valence-corrected chi connectivity index (χ2v) is 6.51. The Morgan fingerprint density at radius 1 is 1.37 bits per heavy atom. The molecule has 0 saturated carbocycles. The number of carbonyl (C=O) groups excluding carboxylic acids is 1. The summed E-state index contributed by atoms with van der Waals surface area (Å²) >= 11 is 4.99. The van der Waals surface area contributed by atoms with Gasteiger partial charge in [0.05, 0.1) is 0 Å². The summed E-state index contributed by atoms with van der Waals surface area (Å²) in [5.74, 6) is 0.00831. The fourth-order valence-corrected chi connectivity index (χ4v) is 3.40. The molecule has 2 N–H and O–H groups in total. The van der Waals surface area contributed by atoms with Crippen LogP contribution in [-0.2, 0) is 11.2 Å². The standard InChI is InChI=1S/C15H16BrNOS/c1-10(15(17)11-5-3-2-4-6-11)14(18)8-13-7-12(16)9-19-13/h2-7,9-10,15H,8,17H2,1H3. The topological polar surface area (TPSA) is 43.1 Å². The highest BCUT2D eigenvalue weighted by molar-refractivity contribution is 9.10. The van der Waals surface area contributed by atoms with E-state index in [1.807, 2.05) is 48.7 Å². The number of hydrogen-bond donors (Lipinski definition) is 1. The number of carbonyl (C=O) groups is 1. The monoisotopic (exact) mass is 337 g/mol. The van der Waals surface area contributed by atoms with E-state index in [0.29, 0.717) is 6.42 Å². The number of Topliss-reactive ketones (excluding diaryl/α,β-unsaturated/α-hetero) is 1. The number of thiophene rings is 1. The van der Waals surface area contributed by atoms with E-state index >= 15 is 0 Å². The lowest BCUT2D eigenvalue weighted by Gasteiger charge is -2.18. The second kappa shape index (κ2) is 6.46. The van der Waals surface area contributed by atoms with Crippen LogP contribution in [0.3, 0.4) is 0 Å². The largest absolute Gasteiger partial charge is 0.323 e. The number of rotatable bonds is 5. The molecule has 2 nitrogen and oxygen atoms in total. The van der Waals surface area contributed by atoms with Crippen LogP contribution in [0.5, 0.6) is 0 Å². The quantitative estimate of drug-likeness (QED) is 0.897. The van der Waals surface area contributed by atoms with Gasteiger partial charge in [0.2, 0.25) is 0 Å². The van der Waals surface area contributed by atoms with Crippen molar-refractivity contribution in [3.05, 3.63) is 56.7 Å². The van der Waals surface area contributed by atoms with Gasteiger partial charge in [-0.3, -0.25) is 4.79 Å². The van der Waals surface area contributed by atoms with Crippen LogP contribution in [0.1, 0.15) is 23.4 Å². The Bertz CT molecular complexity index is 552. The highest BCUT2D eigenvalue weighted by atomic mass is 79.9. The Balaban J connectivity index is 2.03. The highest BCUT2D eigenvalue weighted by Gasteiger charge is 2.22. The summed E-state index contributed by atoms with van der Waals surface area (Å²) < 4.78 is 1.03. The number of ketones is 1. The SMILES string of the molecule is CC(C(=O)Cc1cc(Br)cs1)C(N)c1ccccc1. The molecular formula is C15H16BrNOS. The molecule has 2 atom stereocenters. The van der Waals surface area contributed by atoms with Gasteiger partial charge < -0.3 is 5.73 Å². The summed E-state index contributed by atoms with van der Waals surface area (Å²) in [6.07, 6.45) is 0.456. The zero-order valence-electron chi connectivity index (χ0n) is 10.7. The molecule has 19 heavy (non-hydrogen) atoms. The maximum atomic E-state index is 12.2. The van der Waals surface area contributed by atoms with Crippen LogP contribution >= 0.6 is 27.3 Å². The molecular weight excluding hydrogens is 322 g/mol. The van der Waals surface area contributed by atoms with Gasteiger partial charge in [0.15, 0.2) is 0 Å². The van der Waals surface area contributed by atoms with E-state index in [1.165, 1.54) is 0 Å². The molecule has 2 aromatic rings. The minimum Gasteiger partial charge on any atom is -0.323 e. The molecule has 2 rings (SSSR count). The summed E-state index contributed by atoms with van der Waals surface area (Å²) in [7, 11) is 0. The maximum Gasteiger partial charge on any atom is 0.142 e. The molecule has 100 valence electrons. The maximum absolute atomic E-state index is 12.2. The molecule has 0 amide bonds. The molecule has 0 bridgehead atoms. The third kappa shape index (κ3) is 3.75. The first-order chi connectivity index (χ1) is 9.08. The van der Waals surface area contributed by atoms with Crippen LogP contribution in [0.15, 0.2) is 46.3 Å². The lowest BCUT2D eigenvalue weighted by molar-refractivity contribution is -0.122. The summed E-state index contributed by atoms with van der Waals surface area (Å²) in [4.78, 5) is 13.3. The van der Waals surface area contributed by atoms with Crippen LogP contribution < -0.4 is 5.73 Å². The van der Waals surface area contributed by atoms with E-state index in [2.05, 4.69) is 15.9 Å². The van der Waals surface area contributed by atoms with Crippen molar-refractivity contribution in [2.45, 2.75) is 19.4 Å². The lowest BCUT2D eigenvalue weighted by Crippen LogP contribution is -2.27. The lowest BCUT2D eigenvalue weighted by atomic mass is 9.90. The van der Waals surface area contributed by atoms with E-state index in [9.17, 15) is 4.79 Å². The molecule has 0 aliphatic rings. The molecule has 2 unspecified atom stereocenters. The molecule has 0 radical (unpaired) electrons. The Labute approximate surface area is 125 Å². The zero-order chi connectivity index (χ0) is 13.8. The second-order valence-electron chi connectivity index (χ2n) is 4.60. The smallest absolute Gasteiger partial charge is 0.142 e. The van der Waals surface area contributed by atoms with Gasteiger partial charge in [-0.15, -0.1) is 11.3 Å². The van der Waals surface area contributed by atoms with E-state index in [1.54, 1.807) is 11.3 Å².